The Bertz CT molecular complexity index is 246. The van der Waals surface area contributed by atoms with Crippen LogP contribution in [-0.2, 0) is 4.57 Å². The van der Waals surface area contributed by atoms with Gasteiger partial charge in [0.2, 0.25) is 0 Å². The van der Waals surface area contributed by atoms with E-state index in [9.17, 15) is 4.57 Å². The van der Waals surface area contributed by atoms with E-state index in [1.165, 1.54) is 5.57 Å². The van der Waals surface area contributed by atoms with Crippen molar-refractivity contribution in [3.8, 4) is 0 Å². The molecule has 0 bridgehead atoms. The molecule has 1 aliphatic rings. The molecule has 0 spiro atoms. The standard InChI is InChI=1S/C8H16NO3P/c1-2-8-3-5-9(6-4-8)7-13(10,11)12/h3H,2,4-7H2,1H3,(H2,10,11,12). The van der Waals surface area contributed by atoms with Crippen molar-refractivity contribution >= 4 is 7.60 Å². The van der Waals surface area contributed by atoms with Gasteiger partial charge in [-0.15, -0.1) is 0 Å². The Hall–Kier alpha value is -0.150. The maximum Gasteiger partial charge on any atom is 0.339 e. The smallest absolute Gasteiger partial charge is 0.324 e. The minimum atomic E-state index is -3.87. The molecule has 0 atom stereocenters. The van der Waals surface area contributed by atoms with E-state index in [0.29, 0.717) is 6.54 Å². The summed E-state index contributed by atoms with van der Waals surface area (Å²) in [5, 5.41) is 0. The first-order valence-electron chi connectivity index (χ1n) is 4.46. The van der Waals surface area contributed by atoms with Crippen molar-refractivity contribution in [3.05, 3.63) is 11.6 Å². The van der Waals surface area contributed by atoms with Crippen LogP contribution in [0.1, 0.15) is 19.8 Å². The van der Waals surface area contributed by atoms with E-state index in [-0.39, 0.29) is 6.29 Å². The Morgan fingerprint density at radius 2 is 2.31 bits per heavy atom. The normalized spacial score (nSPS) is 20.1. The molecule has 1 rings (SSSR count). The van der Waals surface area contributed by atoms with Crippen molar-refractivity contribution in [1.29, 1.82) is 0 Å². The van der Waals surface area contributed by atoms with Gasteiger partial charge in [0.1, 0.15) is 6.29 Å². The average Bonchev–Trinajstić information content (AvgIpc) is 2.03. The molecule has 4 nitrogen and oxygen atoms in total. The van der Waals surface area contributed by atoms with Crippen LogP contribution in [0.15, 0.2) is 11.6 Å². The Morgan fingerprint density at radius 3 is 2.69 bits per heavy atom. The first kappa shape index (κ1) is 10.9. The second kappa shape index (κ2) is 4.38. The molecule has 0 aromatic rings. The van der Waals surface area contributed by atoms with Gasteiger partial charge in [0.15, 0.2) is 0 Å². The lowest BCUT2D eigenvalue weighted by Gasteiger charge is -2.25. The summed E-state index contributed by atoms with van der Waals surface area (Å²) in [6.07, 6.45) is 3.94. The summed E-state index contributed by atoms with van der Waals surface area (Å²) in [4.78, 5) is 19.3. The summed E-state index contributed by atoms with van der Waals surface area (Å²) in [5.41, 5.74) is 1.39. The molecule has 0 amide bonds. The highest BCUT2D eigenvalue weighted by Gasteiger charge is 2.20. The Labute approximate surface area is 78.4 Å². The van der Waals surface area contributed by atoms with Gasteiger partial charge in [-0.2, -0.15) is 0 Å². The van der Waals surface area contributed by atoms with Gasteiger partial charge >= 0.3 is 7.60 Å². The first-order valence-corrected chi connectivity index (χ1v) is 6.26. The largest absolute Gasteiger partial charge is 0.339 e. The van der Waals surface area contributed by atoms with E-state index < -0.39 is 7.60 Å². The summed E-state index contributed by atoms with van der Waals surface area (Å²) in [6, 6.07) is 0. The highest BCUT2D eigenvalue weighted by molar-refractivity contribution is 7.51. The van der Waals surface area contributed by atoms with Crippen LogP contribution in [0.4, 0.5) is 0 Å². The molecule has 1 aliphatic heterocycles. The average molecular weight is 205 g/mol. The summed E-state index contributed by atoms with van der Waals surface area (Å²) in [7, 11) is -3.87. The van der Waals surface area contributed by atoms with Gasteiger partial charge in [0, 0.05) is 13.1 Å². The molecular weight excluding hydrogens is 189 g/mol. The predicted molar refractivity (Wildman–Crippen MR) is 51.5 cm³/mol. The fourth-order valence-corrected chi connectivity index (χ4v) is 2.24. The van der Waals surface area contributed by atoms with Crippen LogP contribution in [0.3, 0.4) is 0 Å². The second-order valence-electron chi connectivity index (χ2n) is 3.35. The van der Waals surface area contributed by atoms with Crippen molar-refractivity contribution in [3.63, 3.8) is 0 Å². The minimum absolute atomic E-state index is 0.111. The van der Waals surface area contributed by atoms with E-state index in [4.69, 9.17) is 9.79 Å². The zero-order chi connectivity index (χ0) is 9.90. The molecule has 0 unspecified atom stereocenters. The Balaban J connectivity index is 2.42. The predicted octanol–water partition coefficient (Wildman–Crippen LogP) is 1.16. The van der Waals surface area contributed by atoms with E-state index in [1.54, 1.807) is 4.90 Å². The fraction of sp³-hybridized carbons (Fsp3) is 0.750. The summed E-state index contributed by atoms with van der Waals surface area (Å²) in [5.74, 6) is 0. The summed E-state index contributed by atoms with van der Waals surface area (Å²) < 4.78 is 10.7. The molecule has 0 aromatic carbocycles. The van der Waals surface area contributed by atoms with E-state index in [2.05, 4.69) is 13.0 Å². The second-order valence-corrected chi connectivity index (χ2v) is 4.96. The minimum Gasteiger partial charge on any atom is -0.324 e. The van der Waals surface area contributed by atoms with Crippen molar-refractivity contribution < 1.29 is 14.4 Å². The molecule has 0 aromatic heterocycles. The third-order valence-corrected chi connectivity index (χ3v) is 2.99. The van der Waals surface area contributed by atoms with Gasteiger partial charge in [-0.3, -0.25) is 9.46 Å². The van der Waals surface area contributed by atoms with Gasteiger partial charge < -0.3 is 9.79 Å². The van der Waals surface area contributed by atoms with Crippen LogP contribution in [0.2, 0.25) is 0 Å². The highest BCUT2D eigenvalue weighted by atomic mass is 31.2. The summed E-state index contributed by atoms with van der Waals surface area (Å²) >= 11 is 0. The maximum atomic E-state index is 10.7. The monoisotopic (exact) mass is 205 g/mol. The van der Waals surface area contributed by atoms with E-state index in [1.807, 2.05) is 0 Å². The van der Waals surface area contributed by atoms with Crippen molar-refractivity contribution in [1.82, 2.24) is 4.90 Å². The zero-order valence-electron chi connectivity index (χ0n) is 7.81. The third kappa shape index (κ3) is 4.05. The van der Waals surface area contributed by atoms with Crippen LogP contribution in [0.25, 0.3) is 0 Å². The lowest BCUT2D eigenvalue weighted by atomic mass is 10.1. The van der Waals surface area contributed by atoms with Crippen molar-refractivity contribution in [2.75, 3.05) is 19.4 Å². The van der Waals surface area contributed by atoms with Gasteiger partial charge in [0.05, 0.1) is 0 Å². The van der Waals surface area contributed by atoms with Gasteiger partial charge in [-0.05, 0) is 12.8 Å². The van der Waals surface area contributed by atoms with Crippen LogP contribution in [0, 0.1) is 0 Å². The van der Waals surface area contributed by atoms with E-state index >= 15 is 0 Å². The number of hydrogen-bond acceptors (Lipinski definition) is 2. The van der Waals surface area contributed by atoms with Crippen LogP contribution in [-0.4, -0.2) is 34.1 Å². The fourth-order valence-electron chi connectivity index (χ4n) is 1.46. The quantitative estimate of drug-likeness (QED) is 0.536. The first-order chi connectivity index (χ1) is 6.01. The molecule has 2 N–H and O–H groups in total. The zero-order valence-corrected chi connectivity index (χ0v) is 8.70. The highest BCUT2D eigenvalue weighted by Crippen LogP contribution is 2.35. The Morgan fingerprint density at radius 1 is 1.62 bits per heavy atom. The molecular formula is C8H16NO3P. The molecule has 0 radical (unpaired) electrons. The number of rotatable bonds is 3. The molecule has 5 heteroatoms. The molecule has 76 valence electrons. The van der Waals surface area contributed by atoms with Crippen molar-refractivity contribution in [2.24, 2.45) is 0 Å². The molecule has 0 aliphatic carbocycles. The number of nitrogens with zero attached hydrogens (tertiary/aromatic N) is 1. The van der Waals surface area contributed by atoms with Gasteiger partial charge in [-0.1, -0.05) is 18.6 Å². The number of hydrogen-bond donors (Lipinski definition) is 2. The van der Waals surface area contributed by atoms with Crippen molar-refractivity contribution in [2.45, 2.75) is 19.8 Å². The topological polar surface area (TPSA) is 60.8 Å². The summed E-state index contributed by atoms with van der Waals surface area (Å²) in [6.45, 7) is 3.55. The molecule has 13 heavy (non-hydrogen) atoms. The van der Waals surface area contributed by atoms with Gasteiger partial charge in [-0.25, -0.2) is 0 Å². The van der Waals surface area contributed by atoms with Crippen LogP contribution < -0.4 is 0 Å². The lowest BCUT2D eigenvalue weighted by Crippen LogP contribution is -2.29. The Kier molecular flexibility index (Phi) is 3.68. The molecule has 0 fully saturated rings. The van der Waals surface area contributed by atoms with Gasteiger partial charge in [0.25, 0.3) is 0 Å². The lowest BCUT2D eigenvalue weighted by molar-refractivity contribution is 0.288. The SMILES string of the molecule is CCC1=CCN(CP(=O)(O)O)CC1. The molecule has 1 heterocycles. The third-order valence-electron chi connectivity index (χ3n) is 2.23. The van der Waals surface area contributed by atoms with Crippen LogP contribution >= 0.6 is 7.60 Å². The maximum absolute atomic E-state index is 10.7. The molecule has 0 saturated heterocycles. The van der Waals surface area contributed by atoms with E-state index in [0.717, 1.165) is 19.4 Å². The molecule has 0 saturated carbocycles. The van der Waals surface area contributed by atoms with Crippen LogP contribution in [0.5, 0.6) is 0 Å².